The van der Waals surface area contributed by atoms with E-state index in [1.54, 1.807) is 0 Å². The highest BCUT2D eigenvalue weighted by Crippen LogP contribution is 2.44. The second-order valence-corrected chi connectivity index (χ2v) is 6.28. The molecule has 0 aromatic rings. The fourth-order valence-corrected chi connectivity index (χ4v) is 2.39. The molecule has 1 rings (SSSR count). The number of carbonyl (C=O) groups is 2. The number of nitrogens with one attached hydrogen (secondary N) is 1. The Morgan fingerprint density at radius 3 is 2.48 bits per heavy atom. The average Bonchev–Trinajstić information content (AvgIpc) is 2.43. The predicted molar refractivity (Wildman–Crippen MR) is 80.8 cm³/mol. The van der Waals surface area contributed by atoms with Crippen LogP contribution in [0.1, 0.15) is 59.8 Å². The fraction of sp³-hybridized carbons (Fsp3) is 0.875. The molecule has 1 N–H and O–H groups in total. The average molecular weight is 299 g/mol. The lowest BCUT2D eigenvalue weighted by molar-refractivity contribution is -0.202. The summed E-state index contributed by atoms with van der Waals surface area (Å²) in [5.74, 6) is -0.479. The third-order valence-electron chi connectivity index (χ3n) is 4.09. The van der Waals surface area contributed by atoms with Gasteiger partial charge in [0.25, 0.3) is 0 Å². The van der Waals surface area contributed by atoms with E-state index in [1.165, 1.54) is 0 Å². The molecule has 5 nitrogen and oxygen atoms in total. The van der Waals surface area contributed by atoms with Crippen molar-refractivity contribution in [2.45, 2.75) is 72.0 Å². The van der Waals surface area contributed by atoms with Crippen molar-refractivity contribution in [2.75, 3.05) is 13.2 Å². The van der Waals surface area contributed by atoms with Gasteiger partial charge < -0.3 is 14.8 Å². The molecule has 0 bridgehead atoms. The van der Waals surface area contributed by atoms with Gasteiger partial charge in [-0.15, -0.1) is 0 Å². The summed E-state index contributed by atoms with van der Waals surface area (Å²) in [6.07, 6.45) is 4.15. The maximum absolute atomic E-state index is 11.7. The van der Waals surface area contributed by atoms with Crippen LogP contribution in [0.25, 0.3) is 0 Å². The summed E-state index contributed by atoms with van der Waals surface area (Å²) in [5.41, 5.74) is -0.156. The van der Waals surface area contributed by atoms with Crippen LogP contribution < -0.4 is 5.32 Å². The molecule has 0 aromatic heterocycles. The Morgan fingerprint density at radius 2 is 1.90 bits per heavy atom. The monoisotopic (exact) mass is 299 g/mol. The van der Waals surface area contributed by atoms with Crippen molar-refractivity contribution < 1.29 is 19.1 Å². The molecule has 21 heavy (non-hydrogen) atoms. The highest BCUT2D eigenvalue weighted by atomic mass is 16.6. The van der Waals surface area contributed by atoms with Crippen molar-refractivity contribution in [3.05, 3.63) is 0 Å². The van der Waals surface area contributed by atoms with E-state index in [2.05, 4.69) is 26.1 Å². The second kappa shape index (κ2) is 8.37. The first-order valence-electron chi connectivity index (χ1n) is 7.99. The Balaban J connectivity index is 2.26. The minimum atomic E-state index is -0.371. The van der Waals surface area contributed by atoms with Crippen molar-refractivity contribution in [1.29, 1.82) is 0 Å². The van der Waals surface area contributed by atoms with Gasteiger partial charge in [0.15, 0.2) is 0 Å². The number of unbranched alkanes of at least 4 members (excludes halogenated alkanes) is 1. The summed E-state index contributed by atoms with van der Waals surface area (Å²) in [6, 6.07) is 0. The Hall–Kier alpha value is -1.10. The van der Waals surface area contributed by atoms with Gasteiger partial charge in [0, 0.05) is 24.9 Å². The lowest BCUT2D eigenvalue weighted by atomic mass is 9.66. The van der Waals surface area contributed by atoms with Crippen molar-refractivity contribution in [2.24, 2.45) is 5.41 Å². The van der Waals surface area contributed by atoms with Gasteiger partial charge in [0.05, 0.1) is 6.10 Å². The second-order valence-electron chi connectivity index (χ2n) is 6.28. The molecule has 0 saturated heterocycles. The zero-order chi connectivity index (χ0) is 15.9. The van der Waals surface area contributed by atoms with Crippen LogP contribution in [0.4, 0.5) is 0 Å². The van der Waals surface area contributed by atoms with Gasteiger partial charge in [0.2, 0.25) is 5.91 Å². The first-order valence-corrected chi connectivity index (χ1v) is 7.99. The molecule has 1 amide bonds. The number of hydrogen-bond donors (Lipinski definition) is 1. The molecule has 0 aliphatic heterocycles. The van der Waals surface area contributed by atoms with Gasteiger partial charge in [-0.25, -0.2) is 0 Å². The number of ether oxygens (including phenoxy) is 2. The highest BCUT2D eigenvalue weighted by Gasteiger charge is 2.51. The van der Waals surface area contributed by atoms with Crippen LogP contribution >= 0.6 is 0 Å². The van der Waals surface area contributed by atoms with E-state index < -0.39 is 0 Å². The minimum absolute atomic E-state index is 0.0488. The van der Waals surface area contributed by atoms with E-state index >= 15 is 0 Å². The molecule has 122 valence electrons. The summed E-state index contributed by atoms with van der Waals surface area (Å²) in [6.45, 7) is 8.88. The van der Waals surface area contributed by atoms with Crippen LogP contribution in [-0.4, -0.2) is 37.2 Å². The van der Waals surface area contributed by atoms with Gasteiger partial charge >= 0.3 is 5.97 Å². The summed E-state index contributed by atoms with van der Waals surface area (Å²) in [7, 11) is 0. The largest absolute Gasteiger partial charge is 0.460 e. The molecule has 1 aliphatic carbocycles. The van der Waals surface area contributed by atoms with Gasteiger partial charge in [-0.3, -0.25) is 9.59 Å². The van der Waals surface area contributed by atoms with Crippen LogP contribution in [0.15, 0.2) is 0 Å². The van der Waals surface area contributed by atoms with Crippen molar-refractivity contribution in [3.63, 3.8) is 0 Å². The van der Waals surface area contributed by atoms with Crippen LogP contribution in [-0.2, 0) is 19.1 Å². The smallest absolute Gasteiger partial charge is 0.325 e. The quantitative estimate of drug-likeness (QED) is 0.524. The molecule has 1 saturated carbocycles. The standard InChI is InChI=1S/C16H29NO4/c1-5-7-9-20-12-10-13(16(12,3)4)21-15(19)11-17-14(18)8-6-2/h12-13H,5-11H2,1-4H3,(H,17,18)/t12-,13-/m0/s1. The molecule has 0 unspecified atom stereocenters. The maximum atomic E-state index is 11.7. The molecule has 1 fully saturated rings. The third-order valence-corrected chi connectivity index (χ3v) is 4.09. The Kier molecular flexibility index (Phi) is 7.15. The van der Waals surface area contributed by atoms with Crippen molar-refractivity contribution >= 4 is 11.9 Å². The van der Waals surface area contributed by atoms with Crippen molar-refractivity contribution in [3.8, 4) is 0 Å². The molecule has 1 aliphatic rings. The van der Waals surface area contributed by atoms with E-state index in [-0.39, 0.29) is 36.0 Å². The Morgan fingerprint density at radius 1 is 1.19 bits per heavy atom. The number of amides is 1. The Labute approximate surface area is 127 Å². The molecule has 0 spiro atoms. The first-order chi connectivity index (χ1) is 9.91. The topological polar surface area (TPSA) is 64.6 Å². The molecule has 0 aromatic carbocycles. The summed E-state index contributed by atoms with van der Waals surface area (Å²) in [4.78, 5) is 23.0. The number of hydrogen-bond acceptors (Lipinski definition) is 4. The van der Waals surface area contributed by atoms with Gasteiger partial charge in [0.1, 0.15) is 12.6 Å². The van der Waals surface area contributed by atoms with E-state index in [0.29, 0.717) is 6.42 Å². The van der Waals surface area contributed by atoms with Crippen molar-refractivity contribution in [1.82, 2.24) is 5.32 Å². The summed E-state index contributed by atoms with van der Waals surface area (Å²) in [5, 5.41) is 2.57. The minimum Gasteiger partial charge on any atom is -0.460 e. The highest BCUT2D eigenvalue weighted by molar-refractivity contribution is 5.81. The van der Waals surface area contributed by atoms with Crippen LogP contribution in [0.5, 0.6) is 0 Å². The van der Waals surface area contributed by atoms with Crippen LogP contribution in [0, 0.1) is 5.41 Å². The van der Waals surface area contributed by atoms with E-state index in [4.69, 9.17) is 9.47 Å². The van der Waals surface area contributed by atoms with Gasteiger partial charge in [-0.05, 0) is 12.8 Å². The lowest BCUT2D eigenvalue weighted by Crippen LogP contribution is -2.57. The first kappa shape index (κ1) is 18.0. The fourth-order valence-electron chi connectivity index (χ4n) is 2.39. The molecule has 0 heterocycles. The lowest BCUT2D eigenvalue weighted by Gasteiger charge is -2.50. The number of rotatable bonds is 9. The molecular formula is C16H29NO4. The summed E-state index contributed by atoms with van der Waals surface area (Å²) >= 11 is 0. The molecule has 5 heteroatoms. The molecule has 2 atom stereocenters. The van der Waals surface area contributed by atoms with Gasteiger partial charge in [-0.2, -0.15) is 0 Å². The maximum Gasteiger partial charge on any atom is 0.325 e. The zero-order valence-corrected chi connectivity index (χ0v) is 13.7. The molecule has 0 radical (unpaired) electrons. The third kappa shape index (κ3) is 5.30. The van der Waals surface area contributed by atoms with Crippen LogP contribution in [0.3, 0.4) is 0 Å². The van der Waals surface area contributed by atoms with Gasteiger partial charge in [-0.1, -0.05) is 34.1 Å². The van der Waals surface area contributed by atoms with E-state index in [0.717, 1.165) is 32.3 Å². The molecular weight excluding hydrogens is 270 g/mol. The zero-order valence-electron chi connectivity index (χ0n) is 13.7. The SMILES string of the molecule is CCCCO[C@H]1C[C@H](OC(=O)CNC(=O)CCC)C1(C)C. The predicted octanol–water partition coefficient (Wildman–Crippen LogP) is 2.43. The number of esters is 1. The van der Waals surface area contributed by atoms with E-state index in [1.807, 2.05) is 6.92 Å². The Bertz CT molecular complexity index is 354. The normalized spacial score (nSPS) is 23.2. The van der Waals surface area contributed by atoms with Crippen LogP contribution in [0.2, 0.25) is 0 Å². The number of carbonyl (C=O) groups excluding carboxylic acids is 2. The summed E-state index contributed by atoms with van der Waals surface area (Å²) < 4.78 is 11.2. The van der Waals surface area contributed by atoms with E-state index in [9.17, 15) is 9.59 Å².